The van der Waals surface area contributed by atoms with Crippen molar-refractivity contribution in [2.45, 2.75) is 47.5 Å². The van der Waals surface area contributed by atoms with E-state index >= 15 is 0 Å². The molecular formula is C19H30N2O3S. The predicted molar refractivity (Wildman–Crippen MR) is 101 cm³/mol. The molecule has 0 saturated carbocycles. The van der Waals surface area contributed by atoms with Crippen LogP contribution in [0.5, 0.6) is 0 Å². The standard InChI is InChI=1S/C19H30N2O3S/c1-6-25(23,24)21-9-7-8-20(10-11-21)19(22)13-18-16(4)14(2)12-15(3)17(18)5/h12H,6-11,13H2,1-5H3. The number of amides is 1. The molecule has 1 aromatic carbocycles. The van der Waals surface area contributed by atoms with Gasteiger partial charge in [-0.05, 0) is 68.9 Å². The van der Waals surface area contributed by atoms with Gasteiger partial charge in [0.25, 0.3) is 0 Å². The number of sulfonamides is 1. The first-order chi connectivity index (χ1) is 11.7. The second-order valence-corrected chi connectivity index (χ2v) is 9.21. The Balaban J connectivity index is 2.13. The maximum Gasteiger partial charge on any atom is 0.227 e. The minimum absolute atomic E-state index is 0.0898. The molecule has 6 heteroatoms. The Morgan fingerprint density at radius 1 is 1.00 bits per heavy atom. The molecule has 0 spiro atoms. The van der Waals surface area contributed by atoms with E-state index in [0.717, 1.165) is 5.56 Å². The van der Waals surface area contributed by atoms with Crippen LogP contribution in [0.15, 0.2) is 6.07 Å². The van der Waals surface area contributed by atoms with Crippen LogP contribution >= 0.6 is 0 Å². The molecule has 0 radical (unpaired) electrons. The molecular weight excluding hydrogens is 336 g/mol. The van der Waals surface area contributed by atoms with Crippen molar-refractivity contribution >= 4 is 15.9 Å². The lowest BCUT2D eigenvalue weighted by molar-refractivity contribution is -0.130. The first-order valence-corrected chi connectivity index (χ1v) is 10.6. The van der Waals surface area contributed by atoms with Gasteiger partial charge >= 0.3 is 0 Å². The third kappa shape index (κ3) is 4.42. The van der Waals surface area contributed by atoms with Crippen molar-refractivity contribution in [3.63, 3.8) is 0 Å². The Morgan fingerprint density at radius 2 is 1.60 bits per heavy atom. The number of hydrogen-bond donors (Lipinski definition) is 0. The van der Waals surface area contributed by atoms with Crippen LogP contribution in [-0.2, 0) is 21.2 Å². The Bertz CT molecular complexity index is 730. The van der Waals surface area contributed by atoms with Crippen LogP contribution < -0.4 is 0 Å². The molecule has 2 rings (SSSR count). The van der Waals surface area contributed by atoms with Crippen molar-refractivity contribution in [3.05, 3.63) is 33.9 Å². The SMILES string of the molecule is CCS(=O)(=O)N1CCCN(C(=O)Cc2c(C)c(C)cc(C)c2C)CC1. The molecule has 0 atom stereocenters. The van der Waals surface area contributed by atoms with E-state index in [0.29, 0.717) is 39.0 Å². The van der Waals surface area contributed by atoms with Crippen LogP contribution in [-0.4, -0.2) is 55.5 Å². The van der Waals surface area contributed by atoms with Crippen molar-refractivity contribution < 1.29 is 13.2 Å². The molecule has 0 aromatic heterocycles. The van der Waals surface area contributed by atoms with E-state index in [1.165, 1.54) is 26.6 Å². The third-order valence-corrected chi connectivity index (χ3v) is 7.30. The van der Waals surface area contributed by atoms with Gasteiger partial charge in [0.05, 0.1) is 12.2 Å². The summed E-state index contributed by atoms with van der Waals surface area (Å²) in [6.07, 6.45) is 1.08. The van der Waals surface area contributed by atoms with E-state index in [2.05, 4.69) is 33.8 Å². The summed E-state index contributed by atoms with van der Waals surface area (Å²) in [5, 5.41) is 0. The van der Waals surface area contributed by atoms with Crippen molar-refractivity contribution in [1.29, 1.82) is 0 Å². The van der Waals surface area contributed by atoms with Gasteiger partial charge in [-0.2, -0.15) is 0 Å². The van der Waals surface area contributed by atoms with E-state index in [-0.39, 0.29) is 11.7 Å². The zero-order valence-electron chi connectivity index (χ0n) is 16.1. The van der Waals surface area contributed by atoms with Gasteiger partial charge in [-0.3, -0.25) is 4.79 Å². The Morgan fingerprint density at radius 3 is 2.16 bits per heavy atom. The molecule has 0 unspecified atom stereocenters. The second-order valence-electron chi connectivity index (χ2n) is 6.95. The summed E-state index contributed by atoms with van der Waals surface area (Å²) in [4.78, 5) is 14.7. The van der Waals surface area contributed by atoms with Crippen LogP contribution in [0.1, 0.15) is 41.2 Å². The van der Waals surface area contributed by atoms with Gasteiger partial charge in [-0.1, -0.05) is 6.07 Å². The van der Waals surface area contributed by atoms with E-state index < -0.39 is 10.0 Å². The normalized spacial score (nSPS) is 16.8. The molecule has 1 fully saturated rings. The van der Waals surface area contributed by atoms with Crippen LogP contribution in [0.4, 0.5) is 0 Å². The minimum Gasteiger partial charge on any atom is -0.341 e. The summed E-state index contributed by atoms with van der Waals surface area (Å²) in [6, 6.07) is 2.16. The molecule has 0 N–H and O–H groups in total. The van der Waals surface area contributed by atoms with E-state index in [9.17, 15) is 13.2 Å². The molecule has 5 nitrogen and oxygen atoms in total. The van der Waals surface area contributed by atoms with Gasteiger partial charge in [0.15, 0.2) is 0 Å². The van der Waals surface area contributed by atoms with Crippen LogP contribution in [0.3, 0.4) is 0 Å². The van der Waals surface area contributed by atoms with E-state index in [1.807, 2.05) is 4.90 Å². The van der Waals surface area contributed by atoms with Gasteiger partial charge in [0.1, 0.15) is 0 Å². The average molecular weight is 367 g/mol. The van der Waals surface area contributed by atoms with E-state index in [4.69, 9.17) is 0 Å². The quantitative estimate of drug-likeness (QED) is 0.822. The predicted octanol–water partition coefficient (Wildman–Crippen LogP) is 2.35. The summed E-state index contributed by atoms with van der Waals surface area (Å²) in [5.41, 5.74) is 5.90. The highest BCUT2D eigenvalue weighted by Gasteiger charge is 2.26. The van der Waals surface area contributed by atoms with Crippen molar-refractivity contribution in [3.8, 4) is 0 Å². The zero-order valence-corrected chi connectivity index (χ0v) is 16.9. The lowest BCUT2D eigenvalue weighted by Gasteiger charge is -2.23. The maximum atomic E-state index is 12.8. The number of hydrogen-bond acceptors (Lipinski definition) is 3. The highest BCUT2D eigenvalue weighted by atomic mass is 32.2. The number of aryl methyl sites for hydroxylation is 2. The molecule has 1 amide bonds. The average Bonchev–Trinajstić information content (AvgIpc) is 2.83. The molecule has 1 saturated heterocycles. The Labute approximate surface area is 152 Å². The topological polar surface area (TPSA) is 57.7 Å². The van der Waals surface area contributed by atoms with Gasteiger partial charge in [-0.15, -0.1) is 0 Å². The third-order valence-electron chi connectivity index (χ3n) is 5.42. The smallest absolute Gasteiger partial charge is 0.227 e. The molecule has 1 aliphatic heterocycles. The number of carbonyl (C=O) groups excluding carboxylic acids is 1. The summed E-state index contributed by atoms with van der Waals surface area (Å²) in [6.45, 7) is 12.0. The molecule has 1 aliphatic rings. The first-order valence-electron chi connectivity index (χ1n) is 8.99. The highest BCUT2D eigenvalue weighted by molar-refractivity contribution is 7.89. The lowest BCUT2D eigenvalue weighted by Crippen LogP contribution is -2.38. The molecule has 25 heavy (non-hydrogen) atoms. The number of carbonyl (C=O) groups is 1. The lowest BCUT2D eigenvalue weighted by atomic mass is 9.92. The number of rotatable bonds is 4. The van der Waals surface area contributed by atoms with Crippen molar-refractivity contribution in [1.82, 2.24) is 9.21 Å². The Kier molecular flexibility index (Phi) is 6.27. The molecule has 0 aliphatic carbocycles. The monoisotopic (exact) mass is 366 g/mol. The highest BCUT2D eigenvalue weighted by Crippen LogP contribution is 2.23. The van der Waals surface area contributed by atoms with Crippen molar-refractivity contribution in [2.75, 3.05) is 31.9 Å². The molecule has 1 aromatic rings. The minimum atomic E-state index is -3.18. The summed E-state index contributed by atoms with van der Waals surface area (Å²) in [7, 11) is -3.18. The van der Waals surface area contributed by atoms with Crippen LogP contribution in [0.2, 0.25) is 0 Å². The summed E-state index contributed by atoms with van der Waals surface area (Å²) in [5.74, 6) is 0.203. The summed E-state index contributed by atoms with van der Waals surface area (Å²) < 4.78 is 25.6. The van der Waals surface area contributed by atoms with Gasteiger partial charge in [0, 0.05) is 26.2 Å². The fourth-order valence-corrected chi connectivity index (χ4v) is 4.56. The molecule has 0 bridgehead atoms. The van der Waals surface area contributed by atoms with Gasteiger partial charge in [-0.25, -0.2) is 12.7 Å². The zero-order chi connectivity index (χ0) is 18.8. The fourth-order valence-electron chi connectivity index (χ4n) is 3.43. The summed E-state index contributed by atoms with van der Waals surface area (Å²) >= 11 is 0. The van der Waals surface area contributed by atoms with Crippen LogP contribution in [0.25, 0.3) is 0 Å². The number of nitrogens with zero attached hydrogens (tertiary/aromatic N) is 2. The van der Waals surface area contributed by atoms with Gasteiger partial charge < -0.3 is 4.90 Å². The van der Waals surface area contributed by atoms with Crippen molar-refractivity contribution in [2.24, 2.45) is 0 Å². The maximum absolute atomic E-state index is 12.8. The molecule has 1 heterocycles. The first kappa shape index (κ1) is 19.9. The van der Waals surface area contributed by atoms with Crippen LogP contribution in [0, 0.1) is 27.7 Å². The fraction of sp³-hybridized carbons (Fsp3) is 0.632. The van der Waals surface area contributed by atoms with E-state index in [1.54, 1.807) is 6.92 Å². The molecule has 140 valence electrons. The Hall–Kier alpha value is -1.40. The largest absolute Gasteiger partial charge is 0.341 e. The number of benzene rings is 1. The second kappa shape index (κ2) is 7.87. The van der Waals surface area contributed by atoms with Gasteiger partial charge in [0.2, 0.25) is 15.9 Å².